The van der Waals surface area contributed by atoms with Gasteiger partial charge in [-0.15, -0.1) is 12.4 Å². The van der Waals surface area contributed by atoms with Crippen molar-refractivity contribution in [1.82, 2.24) is 0 Å². The van der Waals surface area contributed by atoms with Crippen molar-refractivity contribution < 1.29 is 9.50 Å². The van der Waals surface area contributed by atoms with Crippen LogP contribution in [-0.4, -0.2) is 11.2 Å². The Bertz CT molecular complexity index is 319. The number of nitrogens with two attached hydrogens (primary N) is 1. The van der Waals surface area contributed by atoms with E-state index in [1.165, 1.54) is 6.07 Å². The molecule has 86 valence electrons. The third-order valence-electron chi connectivity index (χ3n) is 2.40. The van der Waals surface area contributed by atoms with E-state index in [1.807, 2.05) is 6.92 Å². The van der Waals surface area contributed by atoms with Crippen molar-refractivity contribution in [3.63, 3.8) is 0 Å². The standard InChI is InChI=1S/C11H16FNO.ClH/c1-3-10(14)11(13)8-4-5-9(12)7(2)6-8;/h4-6,10-11,14H,3,13H2,1-2H3;1H/t10-,11+;/m1./s1. The number of hydrogen-bond acceptors (Lipinski definition) is 2. The normalized spacial score (nSPS) is 14.2. The molecule has 0 unspecified atom stereocenters. The van der Waals surface area contributed by atoms with Crippen LogP contribution < -0.4 is 5.73 Å². The molecule has 0 bridgehead atoms. The Labute approximate surface area is 95.7 Å². The van der Waals surface area contributed by atoms with Gasteiger partial charge in [0, 0.05) is 0 Å². The number of aliphatic hydroxyl groups is 1. The molecule has 0 aromatic heterocycles. The van der Waals surface area contributed by atoms with Crippen LogP contribution in [0.25, 0.3) is 0 Å². The van der Waals surface area contributed by atoms with Gasteiger partial charge in [0.15, 0.2) is 0 Å². The molecule has 0 aliphatic heterocycles. The maximum Gasteiger partial charge on any atom is 0.126 e. The number of rotatable bonds is 3. The summed E-state index contributed by atoms with van der Waals surface area (Å²) in [6.45, 7) is 3.55. The Balaban J connectivity index is 0.00000196. The zero-order valence-electron chi connectivity index (χ0n) is 8.90. The Hall–Kier alpha value is -0.640. The molecule has 0 aliphatic carbocycles. The summed E-state index contributed by atoms with van der Waals surface area (Å²) < 4.78 is 12.9. The van der Waals surface area contributed by atoms with Gasteiger partial charge in [-0.1, -0.05) is 19.1 Å². The molecule has 1 aromatic carbocycles. The molecular weight excluding hydrogens is 217 g/mol. The van der Waals surface area contributed by atoms with Crippen LogP contribution in [0.5, 0.6) is 0 Å². The largest absolute Gasteiger partial charge is 0.391 e. The van der Waals surface area contributed by atoms with Gasteiger partial charge < -0.3 is 10.8 Å². The van der Waals surface area contributed by atoms with E-state index < -0.39 is 12.1 Å². The molecule has 3 N–H and O–H groups in total. The van der Waals surface area contributed by atoms with Gasteiger partial charge in [0.05, 0.1) is 12.1 Å². The number of hydrogen-bond donors (Lipinski definition) is 2. The highest BCUT2D eigenvalue weighted by atomic mass is 35.5. The molecule has 0 spiro atoms. The molecule has 4 heteroatoms. The second-order valence-corrected chi connectivity index (χ2v) is 3.51. The van der Waals surface area contributed by atoms with Gasteiger partial charge >= 0.3 is 0 Å². The topological polar surface area (TPSA) is 46.2 Å². The smallest absolute Gasteiger partial charge is 0.126 e. The van der Waals surface area contributed by atoms with Crippen LogP contribution in [0.3, 0.4) is 0 Å². The van der Waals surface area contributed by atoms with Gasteiger partial charge in [-0.3, -0.25) is 0 Å². The quantitative estimate of drug-likeness (QED) is 0.842. The summed E-state index contributed by atoms with van der Waals surface area (Å²) in [5.74, 6) is -0.244. The molecule has 2 atom stereocenters. The summed E-state index contributed by atoms with van der Waals surface area (Å²) in [4.78, 5) is 0. The van der Waals surface area contributed by atoms with Crippen LogP contribution in [0.2, 0.25) is 0 Å². The summed E-state index contributed by atoms with van der Waals surface area (Å²) in [7, 11) is 0. The number of aryl methyl sites for hydroxylation is 1. The predicted molar refractivity (Wildman–Crippen MR) is 61.6 cm³/mol. The molecule has 0 aliphatic rings. The minimum atomic E-state index is -0.570. The van der Waals surface area contributed by atoms with E-state index >= 15 is 0 Å². The van der Waals surface area contributed by atoms with Gasteiger partial charge in [-0.2, -0.15) is 0 Å². The average molecular weight is 234 g/mol. The monoisotopic (exact) mass is 233 g/mol. The van der Waals surface area contributed by atoms with Crippen LogP contribution in [-0.2, 0) is 0 Å². The predicted octanol–water partition coefficient (Wildman–Crippen LogP) is 2.33. The first-order valence-electron chi connectivity index (χ1n) is 4.76. The third kappa shape index (κ3) is 3.45. The fourth-order valence-electron chi connectivity index (χ4n) is 1.35. The lowest BCUT2D eigenvalue weighted by Gasteiger charge is -2.18. The van der Waals surface area contributed by atoms with E-state index in [2.05, 4.69) is 0 Å². The summed E-state index contributed by atoms with van der Waals surface area (Å²) in [6, 6.07) is 4.25. The van der Waals surface area contributed by atoms with Crippen LogP contribution in [0, 0.1) is 12.7 Å². The second kappa shape index (κ2) is 6.05. The van der Waals surface area contributed by atoms with E-state index in [1.54, 1.807) is 19.1 Å². The van der Waals surface area contributed by atoms with E-state index in [0.717, 1.165) is 5.56 Å². The van der Waals surface area contributed by atoms with Crippen LogP contribution in [0.4, 0.5) is 4.39 Å². The molecule has 1 rings (SSSR count). The molecule has 0 fully saturated rings. The Morgan fingerprint density at radius 1 is 1.47 bits per heavy atom. The Kier molecular flexibility index (Phi) is 5.80. The van der Waals surface area contributed by atoms with Crippen molar-refractivity contribution in [2.45, 2.75) is 32.4 Å². The first-order chi connectivity index (χ1) is 6.56. The minimum absolute atomic E-state index is 0. The summed E-state index contributed by atoms with van der Waals surface area (Å²) >= 11 is 0. The molecular formula is C11H17ClFNO. The van der Waals surface area contributed by atoms with Gasteiger partial charge in [0.2, 0.25) is 0 Å². The first-order valence-corrected chi connectivity index (χ1v) is 4.76. The SMILES string of the molecule is CC[C@@H](O)[C@@H](N)c1ccc(F)c(C)c1.Cl. The fraction of sp³-hybridized carbons (Fsp3) is 0.455. The van der Waals surface area contributed by atoms with Gasteiger partial charge in [0.1, 0.15) is 5.82 Å². The van der Waals surface area contributed by atoms with Crippen molar-refractivity contribution in [1.29, 1.82) is 0 Å². The van der Waals surface area contributed by atoms with Gasteiger partial charge in [0.25, 0.3) is 0 Å². The highest BCUT2D eigenvalue weighted by molar-refractivity contribution is 5.85. The lowest BCUT2D eigenvalue weighted by molar-refractivity contribution is 0.140. The van der Waals surface area contributed by atoms with E-state index in [9.17, 15) is 9.50 Å². The van der Waals surface area contributed by atoms with Crippen LogP contribution >= 0.6 is 12.4 Å². The number of halogens is 2. The fourth-order valence-corrected chi connectivity index (χ4v) is 1.35. The molecule has 0 amide bonds. The maximum absolute atomic E-state index is 12.9. The van der Waals surface area contributed by atoms with E-state index in [4.69, 9.17) is 5.73 Å². The summed E-state index contributed by atoms with van der Waals surface area (Å²) in [5.41, 5.74) is 7.13. The molecule has 1 aromatic rings. The van der Waals surface area contributed by atoms with E-state index in [0.29, 0.717) is 12.0 Å². The van der Waals surface area contributed by atoms with Crippen molar-refractivity contribution in [2.24, 2.45) is 5.73 Å². The van der Waals surface area contributed by atoms with E-state index in [-0.39, 0.29) is 18.2 Å². The maximum atomic E-state index is 12.9. The number of benzene rings is 1. The second-order valence-electron chi connectivity index (χ2n) is 3.51. The average Bonchev–Trinajstić information content (AvgIpc) is 2.20. The lowest BCUT2D eigenvalue weighted by Crippen LogP contribution is -2.25. The van der Waals surface area contributed by atoms with Gasteiger partial charge in [-0.05, 0) is 30.5 Å². The molecule has 2 nitrogen and oxygen atoms in total. The van der Waals surface area contributed by atoms with Crippen LogP contribution in [0.1, 0.15) is 30.5 Å². The molecule has 0 saturated heterocycles. The summed E-state index contributed by atoms with van der Waals surface area (Å²) in [5, 5.41) is 9.52. The molecule has 0 saturated carbocycles. The number of aliphatic hydroxyl groups excluding tert-OH is 1. The minimum Gasteiger partial charge on any atom is -0.391 e. The zero-order chi connectivity index (χ0) is 10.7. The van der Waals surface area contributed by atoms with Crippen LogP contribution in [0.15, 0.2) is 18.2 Å². The van der Waals surface area contributed by atoms with Crippen molar-refractivity contribution >= 4 is 12.4 Å². The first kappa shape index (κ1) is 14.4. The Morgan fingerprint density at radius 2 is 2.07 bits per heavy atom. The Morgan fingerprint density at radius 3 is 2.53 bits per heavy atom. The molecule has 15 heavy (non-hydrogen) atoms. The van der Waals surface area contributed by atoms with Crippen molar-refractivity contribution in [2.75, 3.05) is 0 Å². The lowest BCUT2D eigenvalue weighted by atomic mass is 9.99. The molecule has 0 heterocycles. The highest BCUT2D eigenvalue weighted by Gasteiger charge is 2.15. The summed E-state index contributed by atoms with van der Waals surface area (Å²) in [6.07, 6.45) is 0.0253. The van der Waals surface area contributed by atoms with Crippen molar-refractivity contribution in [3.8, 4) is 0 Å². The molecule has 0 radical (unpaired) electrons. The van der Waals surface area contributed by atoms with Gasteiger partial charge in [-0.25, -0.2) is 4.39 Å². The third-order valence-corrected chi connectivity index (χ3v) is 2.40. The highest BCUT2D eigenvalue weighted by Crippen LogP contribution is 2.18. The van der Waals surface area contributed by atoms with Crippen molar-refractivity contribution in [3.05, 3.63) is 35.1 Å². The zero-order valence-corrected chi connectivity index (χ0v) is 9.72.